The monoisotopic (exact) mass is 430 g/mol. The first-order chi connectivity index (χ1) is 14.1. The molecule has 4 rings (SSSR count). The molecule has 1 aromatic rings. The summed E-state index contributed by atoms with van der Waals surface area (Å²) in [5.41, 5.74) is 1.83. The summed E-state index contributed by atoms with van der Waals surface area (Å²) in [4.78, 5) is 23.4. The fraction of sp³-hybridized carbons (Fsp3) is 0.400. The predicted octanol–water partition coefficient (Wildman–Crippen LogP) is 3.55. The predicted molar refractivity (Wildman–Crippen MR) is 95.9 cm³/mol. The Labute approximate surface area is 168 Å². The molecule has 2 N–H and O–H groups in total. The van der Waals surface area contributed by atoms with E-state index >= 15 is 0 Å². The fourth-order valence-electron chi connectivity index (χ4n) is 3.90. The number of carbonyl (C=O) groups is 2. The van der Waals surface area contributed by atoms with Gasteiger partial charge in [-0.15, -0.1) is 0 Å². The van der Waals surface area contributed by atoms with Crippen molar-refractivity contribution in [2.75, 3.05) is 13.1 Å². The summed E-state index contributed by atoms with van der Waals surface area (Å²) in [5.74, 6) is -3.62. The Kier molecular flexibility index (Phi) is 6.25. The molecule has 5 nitrogen and oxygen atoms in total. The average Bonchev–Trinajstić information content (AvgIpc) is 3.35. The number of aliphatic carboxylic acids is 1. The van der Waals surface area contributed by atoms with Gasteiger partial charge in [-0.25, -0.2) is 13.6 Å². The second-order valence-electron chi connectivity index (χ2n) is 7.30. The second kappa shape index (κ2) is 8.55. The molecule has 0 bridgehead atoms. The number of carboxylic acids is 1. The van der Waals surface area contributed by atoms with Gasteiger partial charge in [-0.3, -0.25) is 4.79 Å². The number of amides is 1. The number of rotatable bonds is 2. The van der Waals surface area contributed by atoms with Crippen LogP contribution in [0.15, 0.2) is 42.1 Å². The molecule has 1 aromatic carbocycles. The summed E-state index contributed by atoms with van der Waals surface area (Å²) in [7, 11) is 0. The van der Waals surface area contributed by atoms with E-state index in [9.17, 15) is 26.7 Å². The Morgan fingerprint density at radius 3 is 2.33 bits per heavy atom. The molecular weight excluding hydrogens is 411 g/mol. The van der Waals surface area contributed by atoms with Crippen molar-refractivity contribution in [3.63, 3.8) is 0 Å². The normalized spacial score (nSPS) is 24.9. The van der Waals surface area contributed by atoms with Crippen LogP contribution < -0.4 is 5.32 Å². The number of halogens is 5. The van der Waals surface area contributed by atoms with Crippen molar-refractivity contribution in [1.29, 1.82) is 0 Å². The standard InChI is InChI=1S/C18H18F2N2O.C2HF3O2/c19-15-6-11(7-16(20)8-15)17-2-1-3-22(17)18(23)12-4-13-9-21-10-14(13)5-12;3-2(4,5)1(6)7/h1,3-4,6-8,12,14,17,21H,2,5,9-10H2;(H,6,7)/t12?,14-,17?;/m0./s1. The van der Waals surface area contributed by atoms with Gasteiger partial charge in [0.1, 0.15) is 11.6 Å². The topological polar surface area (TPSA) is 69.6 Å². The van der Waals surface area contributed by atoms with Crippen molar-refractivity contribution in [3.8, 4) is 0 Å². The molecule has 0 aromatic heterocycles. The van der Waals surface area contributed by atoms with Gasteiger partial charge in [-0.1, -0.05) is 17.7 Å². The number of nitrogens with zero attached hydrogens (tertiary/aromatic N) is 1. The maximum atomic E-state index is 13.5. The third kappa shape index (κ3) is 4.86. The van der Waals surface area contributed by atoms with Crippen molar-refractivity contribution < 1.29 is 36.6 Å². The van der Waals surface area contributed by atoms with Crippen LogP contribution in [-0.4, -0.2) is 41.1 Å². The van der Waals surface area contributed by atoms with E-state index in [0.29, 0.717) is 17.9 Å². The molecular formula is C20H19F5N2O3. The molecule has 1 fully saturated rings. The number of hydrogen-bond acceptors (Lipinski definition) is 3. The lowest BCUT2D eigenvalue weighted by molar-refractivity contribution is -0.192. The van der Waals surface area contributed by atoms with Crippen molar-refractivity contribution >= 4 is 11.9 Å². The third-order valence-corrected chi connectivity index (χ3v) is 5.24. The highest BCUT2D eigenvalue weighted by atomic mass is 19.4. The Hall–Kier alpha value is -2.75. The summed E-state index contributed by atoms with van der Waals surface area (Å²) in [6, 6.07) is 3.16. The number of hydrogen-bond donors (Lipinski definition) is 2. The molecule has 2 aliphatic heterocycles. The maximum absolute atomic E-state index is 13.5. The first-order valence-electron chi connectivity index (χ1n) is 9.22. The second-order valence-corrected chi connectivity index (χ2v) is 7.30. The molecule has 0 radical (unpaired) electrons. The van der Waals surface area contributed by atoms with E-state index in [-0.39, 0.29) is 17.9 Å². The quantitative estimate of drug-likeness (QED) is 0.556. The average molecular weight is 430 g/mol. The molecule has 1 amide bonds. The molecule has 162 valence electrons. The molecule has 30 heavy (non-hydrogen) atoms. The van der Waals surface area contributed by atoms with Gasteiger partial charge in [0, 0.05) is 25.4 Å². The minimum Gasteiger partial charge on any atom is -0.475 e. The molecule has 3 aliphatic rings. The van der Waals surface area contributed by atoms with Crippen LogP contribution in [-0.2, 0) is 9.59 Å². The van der Waals surface area contributed by atoms with Crippen LogP contribution in [0.3, 0.4) is 0 Å². The first-order valence-corrected chi connectivity index (χ1v) is 9.22. The van der Waals surface area contributed by atoms with Gasteiger partial charge in [0.05, 0.1) is 12.0 Å². The van der Waals surface area contributed by atoms with E-state index in [4.69, 9.17) is 9.90 Å². The number of fused-ring (bicyclic) bond motifs is 1. The summed E-state index contributed by atoms with van der Waals surface area (Å²) in [6.45, 7) is 1.80. The highest BCUT2D eigenvalue weighted by Gasteiger charge is 2.39. The Bertz CT molecular complexity index is 877. The third-order valence-electron chi connectivity index (χ3n) is 5.24. The summed E-state index contributed by atoms with van der Waals surface area (Å²) in [5, 5.41) is 10.4. The number of carbonyl (C=O) groups excluding carboxylic acids is 1. The van der Waals surface area contributed by atoms with Gasteiger partial charge in [0.15, 0.2) is 0 Å². The Morgan fingerprint density at radius 1 is 1.13 bits per heavy atom. The summed E-state index contributed by atoms with van der Waals surface area (Å²) >= 11 is 0. The molecule has 2 heterocycles. The van der Waals surface area contributed by atoms with Gasteiger partial charge in [0.25, 0.3) is 0 Å². The van der Waals surface area contributed by atoms with Gasteiger partial charge in [0.2, 0.25) is 5.91 Å². The Morgan fingerprint density at radius 2 is 1.77 bits per heavy atom. The van der Waals surface area contributed by atoms with Crippen LogP contribution in [0.2, 0.25) is 0 Å². The smallest absolute Gasteiger partial charge is 0.475 e. The molecule has 10 heteroatoms. The lowest BCUT2D eigenvalue weighted by atomic mass is 9.99. The zero-order chi connectivity index (χ0) is 22.1. The highest BCUT2D eigenvalue weighted by Crippen LogP contribution is 2.38. The summed E-state index contributed by atoms with van der Waals surface area (Å²) < 4.78 is 58.7. The number of benzene rings is 1. The molecule has 1 aliphatic carbocycles. The van der Waals surface area contributed by atoms with E-state index in [1.807, 2.05) is 6.08 Å². The van der Waals surface area contributed by atoms with E-state index < -0.39 is 23.8 Å². The van der Waals surface area contributed by atoms with Crippen molar-refractivity contribution in [3.05, 3.63) is 59.3 Å². The minimum absolute atomic E-state index is 0.0234. The maximum Gasteiger partial charge on any atom is 0.490 e. The number of nitrogens with one attached hydrogen (secondary N) is 1. The van der Waals surface area contributed by atoms with Crippen LogP contribution in [0.1, 0.15) is 24.4 Å². The molecule has 0 spiro atoms. The lowest BCUT2D eigenvalue weighted by Gasteiger charge is -2.27. The largest absolute Gasteiger partial charge is 0.490 e. The van der Waals surface area contributed by atoms with Crippen LogP contribution in [0.25, 0.3) is 0 Å². The van der Waals surface area contributed by atoms with Crippen molar-refractivity contribution in [2.45, 2.75) is 25.1 Å². The van der Waals surface area contributed by atoms with Gasteiger partial charge < -0.3 is 15.3 Å². The lowest BCUT2D eigenvalue weighted by Crippen LogP contribution is -2.32. The molecule has 2 unspecified atom stereocenters. The molecule has 3 atom stereocenters. The van der Waals surface area contributed by atoms with Crippen LogP contribution in [0.5, 0.6) is 0 Å². The fourth-order valence-corrected chi connectivity index (χ4v) is 3.90. The van der Waals surface area contributed by atoms with Gasteiger partial charge in [-0.2, -0.15) is 13.2 Å². The van der Waals surface area contributed by atoms with E-state index in [2.05, 4.69) is 11.4 Å². The highest BCUT2D eigenvalue weighted by molar-refractivity contribution is 5.83. The number of carboxylic acid groups (broad SMARTS) is 1. The van der Waals surface area contributed by atoms with Gasteiger partial charge in [-0.05, 0) is 36.5 Å². The van der Waals surface area contributed by atoms with Crippen molar-refractivity contribution in [2.24, 2.45) is 11.8 Å². The zero-order valence-electron chi connectivity index (χ0n) is 15.6. The SMILES string of the molecule is O=C(C1C=C2CNC[C@@H]2C1)N1C=CCC1c1cc(F)cc(F)c1.O=C(O)C(F)(F)F. The molecule has 1 saturated heterocycles. The molecule has 0 saturated carbocycles. The van der Waals surface area contributed by atoms with Crippen LogP contribution >= 0.6 is 0 Å². The minimum atomic E-state index is -5.08. The zero-order valence-corrected chi connectivity index (χ0v) is 15.6. The van der Waals surface area contributed by atoms with E-state index in [1.54, 1.807) is 11.1 Å². The van der Waals surface area contributed by atoms with Gasteiger partial charge >= 0.3 is 12.1 Å². The van der Waals surface area contributed by atoms with Crippen molar-refractivity contribution in [1.82, 2.24) is 10.2 Å². The summed E-state index contributed by atoms with van der Waals surface area (Å²) in [6.07, 6.45) is 2.04. The van der Waals surface area contributed by atoms with E-state index in [1.165, 1.54) is 17.7 Å². The number of alkyl halides is 3. The van der Waals surface area contributed by atoms with Crippen LogP contribution in [0, 0.1) is 23.5 Å². The van der Waals surface area contributed by atoms with Crippen LogP contribution in [0.4, 0.5) is 22.0 Å². The first kappa shape index (κ1) is 21.9. The van der Waals surface area contributed by atoms with E-state index in [0.717, 1.165) is 25.6 Å². The Balaban J connectivity index is 0.000000318.